The molecule has 0 radical (unpaired) electrons. The number of rotatable bonds is 7. The van der Waals surface area contributed by atoms with E-state index < -0.39 is 0 Å². The minimum atomic E-state index is 0.0499. The Morgan fingerprint density at radius 3 is 2.57 bits per heavy atom. The molecule has 1 aliphatic rings. The third kappa shape index (κ3) is 3.99. The second-order valence-electron chi connectivity index (χ2n) is 6.22. The largest absolute Gasteiger partial charge is 0.384 e. The molecule has 2 N–H and O–H groups in total. The SMILES string of the molecule is CCCNc1ccccc1C(=O)NCC1(CC)CCCC1. The van der Waals surface area contributed by atoms with Crippen molar-refractivity contribution in [3.05, 3.63) is 29.8 Å². The van der Waals surface area contributed by atoms with Crippen LogP contribution < -0.4 is 10.6 Å². The molecule has 21 heavy (non-hydrogen) atoms. The van der Waals surface area contributed by atoms with Crippen LogP contribution in [0, 0.1) is 5.41 Å². The number of para-hydroxylation sites is 1. The molecule has 1 saturated carbocycles. The van der Waals surface area contributed by atoms with Crippen LogP contribution in [0.1, 0.15) is 62.7 Å². The van der Waals surface area contributed by atoms with Crippen molar-refractivity contribution in [1.29, 1.82) is 0 Å². The molecule has 1 fully saturated rings. The highest BCUT2D eigenvalue weighted by molar-refractivity contribution is 5.99. The van der Waals surface area contributed by atoms with Crippen LogP contribution in [0.3, 0.4) is 0 Å². The first kappa shape index (κ1) is 15.9. The van der Waals surface area contributed by atoms with Gasteiger partial charge in [-0.3, -0.25) is 4.79 Å². The van der Waals surface area contributed by atoms with E-state index in [2.05, 4.69) is 24.5 Å². The van der Waals surface area contributed by atoms with Crippen LogP contribution in [0.2, 0.25) is 0 Å². The molecule has 0 atom stereocenters. The van der Waals surface area contributed by atoms with Crippen LogP contribution in [-0.4, -0.2) is 19.0 Å². The summed E-state index contributed by atoms with van der Waals surface area (Å²) >= 11 is 0. The first-order valence-corrected chi connectivity index (χ1v) is 8.32. The normalized spacial score (nSPS) is 16.7. The minimum absolute atomic E-state index is 0.0499. The molecule has 0 aromatic heterocycles. The van der Waals surface area contributed by atoms with E-state index >= 15 is 0 Å². The summed E-state index contributed by atoms with van der Waals surface area (Å²) in [6.45, 7) is 6.07. The number of nitrogens with one attached hydrogen (secondary N) is 2. The number of amides is 1. The van der Waals surface area contributed by atoms with Gasteiger partial charge in [-0.2, -0.15) is 0 Å². The van der Waals surface area contributed by atoms with Crippen molar-refractivity contribution in [1.82, 2.24) is 5.32 Å². The third-order valence-corrected chi connectivity index (χ3v) is 4.78. The molecule has 0 bridgehead atoms. The predicted molar refractivity (Wildman–Crippen MR) is 88.7 cm³/mol. The Morgan fingerprint density at radius 2 is 1.90 bits per heavy atom. The number of hydrogen-bond donors (Lipinski definition) is 2. The average molecular weight is 288 g/mol. The summed E-state index contributed by atoms with van der Waals surface area (Å²) in [7, 11) is 0. The van der Waals surface area contributed by atoms with Crippen LogP contribution >= 0.6 is 0 Å². The van der Waals surface area contributed by atoms with E-state index in [0.29, 0.717) is 5.41 Å². The highest BCUT2D eigenvalue weighted by Gasteiger charge is 2.32. The van der Waals surface area contributed by atoms with Gasteiger partial charge < -0.3 is 10.6 Å². The van der Waals surface area contributed by atoms with Gasteiger partial charge in [0, 0.05) is 18.8 Å². The lowest BCUT2D eigenvalue weighted by molar-refractivity contribution is 0.0929. The fourth-order valence-electron chi connectivity index (χ4n) is 3.24. The van der Waals surface area contributed by atoms with Crippen molar-refractivity contribution in [3.63, 3.8) is 0 Å². The van der Waals surface area contributed by atoms with E-state index in [1.54, 1.807) is 0 Å². The second-order valence-corrected chi connectivity index (χ2v) is 6.22. The lowest BCUT2D eigenvalue weighted by atomic mass is 9.83. The molecule has 1 aromatic rings. The molecule has 3 heteroatoms. The van der Waals surface area contributed by atoms with Crippen molar-refractivity contribution in [2.75, 3.05) is 18.4 Å². The Morgan fingerprint density at radius 1 is 1.19 bits per heavy atom. The van der Waals surface area contributed by atoms with E-state index in [9.17, 15) is 4.79 Å². The summed E-state index contributed by atoms with van der Waals surface area (Å²) in [6, 6.07) is 7.78. The molecule has 1 aromatic carbocycles. The molecule has 1 amide bonds. The highest BCUT2D eigenvalue weighted by Crippen LogP contribution is 2.40. The molecule has 3 nitrogen and oxygen atoms in total. The van der Waals surface area contributed by atoms with Crippen LogP contribution in [0.4, 0.5) is 5.69 Å². The van der Waals surface area contributed by atoms with Crippen LogP contribution in [0.5, 0.6) is 0 Å². The van der Waals surface area contributed by atoms with Crippen molar-refractivity contribution < 1.29 is 4.79 Å². The molecule has 2 rings (SSSR count). The molecule has 1 aliphatic carbocycles. The molecular formula is C18H28N2O. The Kier molecular flexibility index (Phi) is 5.66. The van der Waals surface area contributed by atoms with Gasteiger partial charge in [-0.15, -0.1) is 0 Å². The first-order valence-electron chi connectivity index (χ1n) is 8.32. The maximum absolute atomic E-state index is 12.5. The van der Waals surface area contributed by atoms with Gasteiger partial charge >= 0.3 is 0 Å². The summed E-state index contributed by atoms with van der Waals surface area (Å²) in [4.78, 5) is 12.5. The predicted octanol–water partition coefficient (Wildman–Crippen LogP) is 4.21. The quantitative estimate of drug-likeness (QED) is 0.789. The summed E-state index contributed by atoms with van der Waals surface area (Å²) in [5.41, 5.74) is 2.03. The van der Waals surface area contributed by atoms with Gasteiger partial charge in [-0.25, -0.2) is 0 Å². The minimum Gasteiger partial charge on any atom is -0.384 e. The number of benzene rings is 1. The Balaban J connectivity index is 2.00. The van der Waals surface area contributed by atoms with Gasteiger partial charge in [-0.05, 0) is 43.2 Å². The van der Waals surface area contributed by atoms with Gasteiger partial charge in [0.1, 0.15) is 0 Å². The van der Waals surface area contributed by atoms with Gasteiger partial charge in [0.2, 0.25) is 0 Å². The lowest BCUT2D eigenvalue weighted by Gasteiger charge is -2.27. The van der Waals surface area contributed by atoms with E-state index in [-0.39, 0.29) is 5.91 Å². The average Bonchev–Trinajstić information content (AvgIpc) is 3.00. The smallest absolute Gasteiger partial charge is 0.253 e. The summed E-state index contributed by atoms with van der Waals surface area (Å²) in [5.74, 6) is 0.0499. The lowest BCUT2D eigenvalue weighted by Crippen LogP contribution is -2.35. The Labute approximate surface area is 128 Å². The maximum Gasteiger partial charge on any atom is 0.253 e. The number of carbonyl (C=O) groups excluding carboxylic acids is 1. The number of hydrogen-bond acceptors (Lipinski definition) is 2. The standard InChI is InChI=1S/C18H28N2O/c1-3-13-19-16-10-6-5-9-15(16)17(21)20-14-18(4-2)11-7-8-12-18/h5-6,9-10,19H,3-4,7-8,11-14H2,1-2H3,(H,20,21). The van der Waals surface area contributed by atoms with E-state index in [1.807, 2.05) is 24.3 Å². The first-order chi connectivity index (χ1) is 10.2. The number of carbonyl (C=O) groups is 1. The van der Waals surface area contributed by atoms with Crippen LogP contribution in [-0.2, 0) is 0 Å². The van der Waals surface area contributed by atoms with Gasteiger partial charge in [0.25, 0.3) is 5.91 Å². The van der Waals surface area contributed by atoms with Crippen molar-refractivity contribution >= 4 is 11.6 Å². The summed E-state index contributed by atoms with van der Waals surface area (Å²) < 4.78 is 0. The Hall–Kier alpha value is -1.51. The fraction of sp³-hybridized carbons (Fsp3) is 0.611. The maximum atomic E-state index is 12.5. The Bertz CT molecular complexity index is 464. The molecule has 0 unspecified atom stereocenters. The third-order valence-electron chi connectivity index (χ3n) is 4.78. The molecule has 0 aliphatic heterocycles. The summed E-state index contributed by atoms with van der Waals surface area (Å²) in [5, 5.41) is 6.50. The summed E-state index contributed by atoms with van der Waals surface area (Å²) in [6.07, 6.45) is 7.31. The van der Waals surface area contributed by atoms with Crippen LogP contribution in [0.15, 0.2) is 24.3 Å². The van der Waals surface area contributed by atoms with Gasteiger partial charge in [0.15, 0.2) is 0 Å². The van der Waals surface area contributed by atoms with Crippen molar-refractivity contribution in [3.8, 4) is 0 Å². The molecule has 116 valence electrons. The van der Waals surface area contributed by atoms with Gasteiger partial charge in [-0.1, -0.05) is 38.8 Å². The fourth-order valence-corrected chi connectivity index (χ4v) is 3.24. The van der Waals surface area contributed by atoms with Crippen molar-refractivity contribution in [2.45, 2.75) is 52.4 Å². The molecular weight excluding hydrogens is 260 g/mol. The topological polar surface area (TPSA) is 41.1 Å². The zero-order chi connectivity index (χ0) is 15.1. The van der Waals surface area contributed by atoms with E-state index in [0.717, 1.165) is 37.2 Å². The second kappa shape index (κ2) is 7.48. The molecule has 0 spiro atoms. The molecule has 0 saturated heterocycles. The highest BCUT2D eigenvalue weighted by atomic mass is 16.1. The van der Waals surface area contributed by atoms with Gasteiger partial charge in [0.05, 0.1) is 5.56 Å². The van der Waals surface area contributed by atoms with E-state index in [4.69, 9.17) is 0 Å². The van der Waals surface area contributed by atoms with E-state index in [1.165, 1.54) is 25.7 Å². The van der Waals surface area contributed by atoms with Crippen LogP contribution in [0.25, 0.3) is 0 Å². The zero-order valence-electron chi connectivity index (χ0n) is 13.4. The van der Waals surface area contributed by atoms with Crippen molar-refractivity contribution in [2.24, 2.45) is 5.41 Å². The zero-order valence-corrected chi connectivity index (χ0v) is 13.4. The monoisotopic (exact) mass is 288 g/mol. The molecule has 0 heterocycles. The number of anilines is 1.